The van der Waals surface area contributed by atoms with Crippen molar-refractivity contribution in [3.05, 3.63) is 5.73 Å². The van der Waals surface area contributed by atoms with Crippen LogP contribution in [0.1, 0.15) is 27.7 Å². The number of aliphatic hydroxyl groups excluding tert-OH is 1. The first-order chi connectivity index (χ1) is 4.55. The van der Waals surface area contributed by atoms with Crippen molar-refractivity contribution in [1.82, 2.24) is 0 Å². The van der Waals surface area contributed by atoms with Gasteiger partial charge in [0.1, 0.15) is 0 Å². The van der Waals surface area contributed by atoms with E-state index in [1.165, 1.54) is 13.8 Å². The molecule has 2 unspecified atom stereocenters. The average Bonchev–Trinajstić information content (AvgIpc) is 1.90. The monoisotopic (exact) mass is 418 g/mol. The van der Waals surface area contributed by atoms with E-state index >= 15 is 0 Å². The summed E-state index contributed by atoms with van der Waals surface area (Å²) in [6.07, 6.45) is -0.694. The minimum atomic E-state index is -0.708. The summed E-state index contributed by atoms with van der Waals surface area (Å²) in [6, 6.07) is 0. The van der Waals surface area contributed by atoms with Gasteiger partial charge in [0.25, 0.3) is 0 Å². The first kappa shape index (κ1) is 23.6. The van der Waals surface area contributed by atoms with Crippen molar-refractivity contribution >= 4 is 5.91 Å². The molecule has 0 heterocycles. The van der Waals surface area contributed by atoms with Crippen LogP contribution in [0.2, 0.25) is 0 Å². The van der Waals surface area contributed by atoms with Gasteiger partial charge in [0, 0.05) is 26.3 Å². The summed E-state index contributed by atoms with van der Waals surface area (Å²) in [5, 5.41) is 8.65. The summed E-state index contributed by atoms with van der Waals surface area (Å²) >= 11 is 0. The first-order valence-electron chi connectivity index (χ1n) is 3.49. The van der Waals surface area contributed by atoms with Gasteiger partial charge in [-0.25, -0.2) is 0 Å². The van der Waals surface area contributed by atoms with Gasteiger partial charge < -0.3 is 15.6 Å². The smallest absolute Gasteiger partial charge is 0.667 e. The molecule has 0 aromatic rings. The van der Waals surface area contributed by atoms with Gasteiger partial charge in [-0.15, -0.1) is 0 Å². The van der Waals surface area contributed by atoms with E-state index in [0.29, 0.717) is 0 Å². The Morgan fingerprint density at radius 2 is 1.58 bits per heavy atom. The second-order valence-corrected chi connectivity index (χ2v) is 1.89. The minimum Gasteiger partial charge on any atom is -0.667 e. The molecule has 3 nitrogen and oxygen atoms in total. The van der Waals surface area contributed by atoms with Crippen LogP contribution in [-0.4, -0.2) is 17.1 Å². The SMILES string of the molecule is CC.CC(O)C(C)C([NH-])=O.[Rb+].[Re]. The van der Waals surface area contributed by atoms with Crippen molar-refractivity contribution in [3.63, 3.8) is 0 Å². The summed E-state index contributed by atoms with van der Waals surface area (Å²) in [7, 11) is 0. The summed E-state index contributed by atoms with van der Waals surface area (Å²) in [5.41, 5.74) is 6.52. The van der Waals surface area contributed by atoms with Crippen LogP contribution in [0.25, 0.3) is 5.73 Å². The zero-order valence-electron chi connectivity index (χ0n) is 8.39. The van der Waals surface area contributed by atoms with Crippen molar-refractivity contribution < 1.29 is 88.5 Å². The maximum atomic E-state index is 10.1. The number of hydrogen-bond acceptors (Lipinski definition) is 2. The third-order valence-electron chi connectivity index (χ3n) is 1.14. The fourth-order valence-electron chi connectivity index (χ4n) is 0.219. The molecule has 0 fully saturated rings. The summed E-state index contributed by atoms with van der Waals surface area (Å²) in [5.74, 6) is -1.25. The number of amides is 1. The van der Waals surface area contributed by atoms with Gasteiger partial charge in [0.2, 0.25) is 0 Å². The van der Waals surface area contributed by atoms with Crippen LogP contribution in [0.5, 0.6) is 0 Å². The van der Waals surface area contributed by atoms with E-state index in [9.17, 15) is 4.79 Å². The molecule has 0 saturated carbocycles. The minimum absolute atomic E-state index is 0. The standard InChI is InChI=1S/C5H11NO2.C2H6.Rb.Re/c1-3(4(2)7)5(6)8;1-2;;/h3-4,7H,1-2H3,(H2,6,8);1-2H3;;/q;;+1;/p-1. The number of nitrogens with one attached hydrogen (secondary N) is 1. The largest absolute Gasteiger partial charge is 1.00 e. The Bertz CT molecular complexity index is 101. The maximum Gasteiger partial charge on any atom is 1.00 e. The van der Waals surface area contributed by atoms with Crippen molar-refractivity contribution in [2.45, 2.75) is 33.8 Å². The summed E-state index contributed by atoms with van der Waals surface area (Å²) in [4.78, 5) is 10.1. The van der Waals surface area contributed by atoms with E-state index < -0.39 is 17.9 Å². The predicted molar refractivity (Wildman–Crippen MR) is 41.5 cm³/mol. The van der Waals surface area contributed by atoms with Crippen LogP contribution in [0.4, 0.5) is 0 Å². The number of carbonyl (C=O) groups is 1. The number of rotatable bonds is 2. The Morgan fingerprint density at radius 1 is 1.33 bits per heavy atom. The third kappa shape index (κ3) is 14.4. The summed E-state index contributed by atoms with van der Waals surface area (Å²) in [6.45, 7) is 7.02. The Kier molecular flexibility index (Phi) is 30.2. The second-order valence-electron chi connectivity index (χ2n) is 1.89. The number of carbonyl (C=O) groups excluding carboxylic acids is 1. The molecule has 0 aromatic heterocycles. The van der Waals surface area contributed by atoms with E-state index in [1.54, 1.807) is 0 Å². The van der Waals surface area contributed by atoms with Crippen LogP contribution in [-0.2, 0) is 25.2 Å². The molecule has 1 amide bonds. The molecule has 0 saturated heterocycles. The molecule has 5 heteroatoms. The van der Waals surface area contributed by atoms with Gasteiger partial charge in [0.05, 0.1) is 12.0 Å². The van der Waals surface area contributed by atoms with E-state index in [4.69, 9.17) is 10.8 Å². The summed E-state index contributed by atoms with van der Waals surface area (Å²) < 4.78 is 0. The Balaban J connectivity index is -0.0000000740. The van der Waals surface area contributed by atoms with E-state index in [1.807, 2.05) is 13.8 Å². The Morgan fingerprint density at radius 3 is 1.58 bits per heavy atom. The molecular formula is C7H16NO2RbRe. The normalized spacial score (nSPS) is 12.1. The molecule has 0 spiro atoms. The van der Waals surface area contributed by atoms with E-state index in [-0.39, 0.29) is 78.6 Å². The van der Waals surface area contributed by atoms with E-state index in [0.717, 1.165) is 0 Å². The molecule has 0 rings (SSSR count). The number of hydrogen-bond donors (Lipinski definition) is 1. The van der Waals surface area contributed by atoms with Crippen LogP contribution >= 0.6 is 0 Å². The van der Waals surface area contributed by atoms with Gasteiger partial charge in [-0.05, 0) is 6.92 Å². The molecule has 12 heavy (non-hydrogen) atoms. The van der Waals surface area contributed by atoms with Crippen molar-refractivity contribution in [2.75, 3.05) is 0 Å². The molecule has 0 aliphatic carbocycles. The first-order valence-corrected chi connectivity index (χ1v) is 3.49. The number of aliphatic hydroxyl groups is 1. The van der Waals surface area contributed by atoms with Crippen LogP contribution < -0.4 is 58.2 Å². The second kappa shape index (κ2) is 15.4. The average molecular weight is 418 g/mol. The van der Waals surface area contributed by atoms with Gasteiger partial charge in [-0.2, -0.15) is 0 Å². The van der Waals surface area contributed by atoms with Crippen LogP contribution in [0.3, 0.4) is 0 Å². The topological polar surface area (TPSA) is 61.1 Å². The van der Waals surface area contributed by atoms with Crippen molar-refractivity contribution in [1.29, 1.82) is 0 Å². The quantitative estimate of drug-likeness (QED) is 0.601. The fourth-order valence-corrected chi connectivity index (χ4v) is 0.219. The molecule has 0 bridgehead atoms. The molecule has 0 aliphatic heterocycles. The predicted octanol–water partition coefficient (Wildman–Crippen LogP) is -1.39. The Hall–Kier alpha value is 1.90. The maximum absolute atomic E-state index is 10.1. The van der Waals surface area contributed by atoms with Gasteiger partial charge in [0.15, 0.2) is 0 Å². The molecule has 2 N–H and O–H groups in total. The zero-order valence-corrected chi connectivity index (χ0v) is 16.0. The van der Waals surface area contributed by atoms with Gasteiger partial charge in [-0.1, -0.05) is 20.8 Å². The van der Waals surface area contributed by atoms with Gasteiger partial charge in [-0.3, -0.25) is 0 Å². The molecule has 0 aromatic carbocycles. The van der Waals surface area contributed by atoms with Crippen molar-refractivity contribution in [2.24, 2.45) is 5.92 Å². The van der Waals surface area contributed by atoms with Crippen LogP contribution in [0.15, 0.2) is 0 Å². The molecule has 2 atom stereocenters. The Labute approximate surface area is 137 Å². The van der Waals surface area contributed by atoms with E-state index in [2.05, 4.69) is 0 Å². The van der Waals surface area contributed by atoms with Gasteiger partial charge >= 0.3 is 58.2 Å². The van der Waals surface area contributed by atoms with Crippen LogP contribution in [0, 0.1) is 5.92 Å². The molecule has 1 radical (unpaired) electrons. The van der Waals surface area contributed by atoms with Crippen molar-refractivity contribution in [3.8, 4) is 0 Å². The third-order valence-corrected chi connectivity index (χ3v) is 1.14. The molecular weight excluding hydrogens is 402 g/mol. The zero-order chi connectivity index (χ0) is 8.73. The molecule has 69 valence electrons. The fraction of sp³-hybridized carbons (Fsp3) is 0.857. The molecule has 0 aliphatic rings.